The van der Waals surface area contributed by atoms with E-state index >= 15 is 0 Å². The Balaban J connectivity index is 2.61. The van der Waals surface area contributed by atoms with Gasteiger partial charge in [0.25, 0.3) is 0 Å². The molecule has 1 aromatic carbocycles. The number of oxazole rings is 1. The molecule has 0 saturated carbocycles. The van der Waals surface area contributed by atoms with Crippen LogP contribution < -0.4 is 0 Å². The van der Waals surface area contributed by atoms with Crippen molar-refractivity contribution >= 4 is 17.2 Å². The van der Waals surface area contributed by atoms with E-state index in [1.807, 2.05) is 18.2 Å². The van der Waals surface area contributed by atoms with Crippen LogP contribution in [0.1, 0.15) is 25.3 Å². The molecule has 0 aliphatic heterocycles. The molecule has 2 rings (SSSR count). The predicted octanol–water partition coefficient (Wildman–Crippen LogP) is 2.70. The molecule has 3 nitrogen and oxygen atoms in total. The molecular formula is C12H13NO2. The van der Waals surface area contributed by atoms with E-state index in [4.69, 9.17) is 4.42 Å². The highest BCUT2D eigenvalue weighted by molar-refractivity contribution is 5.76. The fourth-order valence-electron chi connectivity index (χ4n) is 1.33. The van der Waals surface area contributed by atoms with Gasteiger partial charge in [-0.3, -0.25) is 0 Å². The van der Waals surface area contributed by atoms with Crippen molar-refractivity contribution in [1.82, 2.24) is 4.98 Å². The second-order valence-corrected chi connectivity index (χ2v) is 4.01. The first kappa shape index (κ1) is 9.93. The van der Waals surface area contributed by atoms with E-state index in [1.165, 1.54) is 0 Å². The lowest BCUT2D eigenvalue weighted by Crippen LogP contribution is -2.15. The van der Waals surface area contributed by atoms with E-state index in [-0.39, 0.29) is 0 Å². The molecule has 0 fully saturated rings. The molecule has 0 saturated heterocycles. The largest absolute Gasteiger partial charge is 0.438 e. The van der Waals surface area contributed by atoms with Gasteiger partial charge >= 0.3 is 0 Å². The molecule has 0 unspecified atom stereocenters. The van der Waals surface area contributed by atoms with E-state index in [0.29, 0.717) is 11.5 Å². The Morgan fingerprint density at radius 3 is 2.80 bits per heavy atom. The van der Waals surface area contributed by atoms with Crippen molar-refractivity contribution in [2.24, 2.45) is 0 Å². The van der Waals surface area contributed by atoms with Crippen LogP contribution in [-0.2, 0) is 5.60 Å². The Bertz CT molecular complexity index is 506. The standard InChI is InChI=1S/C12H13NO2/c1-4-8-5-6-10-9(7-8)13-11(15-10)12(2,3)14/h4-7,14H,1H2,2-3H3. The highest BCUT2D eigenvalue weighted by atomic mass is 16.4. The smallest absolute Gasteiger partial charge is 0.226 e. The zero-order valence-corrected chi connectivity index (χ0v) is 8.82. The number of benzene rings is 1. The molecule has 0 amide bonds. The second-order valence-electron chi connectivity index (χ2n) is 4.01. The quantitative estimate of drug-likeness (QED) is 0.816. The third-order valence-corrected chi connectivity index (χ3v) is 2.17. The number of aromatic nitrogens is 1. The van der Waals surface area contributed by atoms with Crippen molar-refractivity contribution in [2.75, 3.05) is 0 Å². The van der Waals surface area contributed by atoms with Crippen LogP contribution >= 0.6 is 0 Å². The Morgan fingerprint density at radius 2 is 2.20 bits per heavy atom. The third kappa shape index (κ3) is 1.78. The van der Waals surface area contributed by atoms with Crippen molar-refractivity contribution in [3.63, 3.8) is 0 Å². The van der Waals surface area contributed by atoms with Crippen molar-refractivity contribution in [3.8, 4) is 0 Å². The highest BCUT2D eigenvalue weighted by Gasteiger charge is 2.22. The Labute approximate surface area is 88.1 Å². The van der Waals surface area contributed by atoms with Gasteiger partial charge < -0.3 is 9.52 Å². The van der Waals surface area contributed by atoms with E-state index in [9.17, 15) is 5.11 Å². The second kappa shape index (κ2) is 3.21. The van der Waals surface area contributed by atoms with Crippen LogP contribution in [0.4, 0.5) is 0 Å². The van der Waals surface area contributed by atoms with E-state index in [0.717, 1.165) is 11.1 Å². The fraction of sp³-hybridized carbons (Fsp3) is 0.250. The third-order valence-electron chi connectivity index (χ3n) is 2.17. The average Bonchev–Trinajstić information content (AvgIpc) is 2.59. The summed E-state index contributed by atoms with van der Waals surface area (Å²) in [5.74, 6) is 0.332. The van der Waals surface area contributed by atoms with Gasteiger partial charge in [-0.25, -0.2) is 4.98 Å². The first-order chi connectivity index (χ1) is 7.00. The molecule has 0 spiro atoms. The summed E-state index contributed by atoms with van der Waals surface area (Å²) < 4.78 is 5.44. The summed E-state index contributed by atoms with van der Waals surface area (Å²) in [6.45, 7) is 6.98. The van der Waals surface area contributed by atoms with Crippen LogP contribution in [0.3, 0.4) is 0 Å². The molecule has 15 heavy (non-hydrogen) atoms. The molecule has 0 aliphatic carbocycles. The van der Waals surface area contributed by atoms with Gasteiger partial charge in [-0.05, 0) is 31.5 Å². The van der Waals surface area contributed by atoms with Crippen molar-refractivity contribution < 1.29 is 9.52 Å². The summed E-state index contributed by atoms with van der Waals surface area (Å²) in [4.78, 5) is 4.23. The van der Waals surface area contributed by atoms with Crippen molar-refractivity contribution in [2.45, 2.75) is 19.4 Å². The van der Waals surface area contributed by atoms with Crippen molar-refractivity contribution in [3.05, 3.63) is 36.2 Å². The minimum atomic E-state index is -1.05. The Hall–Kier alpha value is -1.61. The molecule has 78 valence electrons. The topological polar surface area (TPSA) is 46.3 Å². The van der Waals surface area contributed by atoms with Crippen LogP contribution in [0.25, 0.3) is 17.2 Å². The molecule has 1 aromatic heterocycles. The van der Waals surface area contributed by atoms with E-state index in [1.54, 1.807) is 19.9 Å². The van der Waals surface area contributed by atoms with Gasteiger partial charge in [-0.2, -0.15) is 0 Å². The van der Waals surface area contributed by atoms with Gasteiger partial charge in [0.05, 0.1) is 0 Å². The number of hydrogen-bond donors (Lipinski definition) is 1. The zero-order chi connectivity index (χ0) is 11.1. The molecule has 1 N–H and O–H groups in total. The fourth-order valence-corrected chi connectivity index (χ4v) is 1.33. The number of fused-ring (bicyclic) bond motifs is 1. The van der Waals surface area contributed by atoms with Gasteiger partial charge in [-0.15, -0.1) is 0 Å². The van der Waals surface area contributed by atoms with Gasteiger partial charge in [0, 0.05) is 0 Å². The SMILES string of the molecule is C=Cc1ccc2oc(C(C)(C)O)nc2c1. The van der Waals surface area contributed by atoms with Crippen LogP contribution in [0, 0.1) is 0 Å². The molecular weight excluding hydrogens is 190 g/mol. The lowest BCUT2D eigenvalue weighted by molar-refractivity contribution is 0.0501. The monoisotopic (exact) mass is 203 g/mol. The molecule has 1 heterocycles. The van der Waals surface area contributed by atoms with Gasteiger partial charge in [0.2, 0.25) is 5.89 Å². The summed E-state index contributed by atoms with van der Waals surface area (Å²) in [7, 11) is 0. The van der Waals surface area contributed by atoms with Gasteiger partial charge in [-0.1, -0.05) is 18.7 Å². The molecule has 3 heteroatoms. The van der Waals surface area contributed by atoms with Crippen molar-refractivity contribution in [1.29, 1.82) is 0 Å². The maximum absolute atomic E-state index is 9.74. The molecule has 0 radical (unpaired) electrons. The molecule has 0 atom stereocenters. The normalized spacial score (nSPS) is 11.9. The lowest BCUT2D eigenvalue weighted by atomic mass is 10.1. The Kier molecular flexibility index (Phi) is 2.12. The molecule has 2 aromatic rings. The average molecular weight is 203 g/mol. The van der Waals surface area contributed by atoms with Crippen LogP contribution in [-0.4, -0.2) is 10.1 Å². The first-order valence-electron chi connectivity index (χ1n) is 4.76. The summed E-state index contributed by atoms with van der Waals surface area (Å²) in [6.07, 6.45) is 1.75. The van der Waals surface area contributed by atoms with E-state index < -0.39 is 5.60 Å². The predicted molar refractivity (Wildman–Crippen MR) is 59.3 cm³/mol. The van der Waals surface area contributed by atoms with Gasteiger partial charge in [0.1, 0.15) is 11.1 Å². The number of aliphatic hydroxyl groups is 1. The molecule has 0 bridgehead atoms. The number of nitrogens with zero attached hydrogens (tertiary/aromatic N) is 1. The summed E-state index contributed by atoms with van der Waals surface area (Å²) in [5, 5.41) is 9.74. The first-order valence-corrected chi connectivity index (χ1v) is 4.76. The summed E-state index contributed by atoms with van der Waals surface area (Å²) in [6, 6.07) is 5.60. The van der Waals surface area contributed by atoms with Crippen LogP contribution in [0.15, 0.2) is 29.2 Å². The lowest BCUT2D eigenvalue weighted by Gasteiger charge is -2.10. The zero-order valence-electron chi connectivity index (χ0n) is 8.82. The maximum atomic E-state index is 9.74. The minimum Gasteiger partial charge on any atom is -0.438 e. The Morgan fingerprint density at radius 1 is 1.47 bits per heavy atom. The maximum Gasteiger partial charge on any atom is 0.226 e. The van der Waals surface area contributed by atoms with E-state index in [2.05, 4.69) is 11.6 Å². The number of hydrogen-bond acceptors (Lipinski definition) is 3. The highest BCUT2D eigenvalue weighted by Crippen LogP contribution is 2.24. The summed E-state index contributed by atoms with van der Waals surface area (Å²) >= 11 is 0. The van der Waals surface area contributed by atoms with Crippen LogP contribution in [0.5, 0.6) is 0 Å². The minimum absolute atomic E-state index is 0.332. The number of rotatable bonds is 2. The molecule has 0 aliphatic rings. The van der Waals surface area contributed by atoms with Gasteiger partial charge in [0.15, 0.2) is 5.58 Å². The van der Waals surface area contributed by atoms with Crippen LogP contribution in [0.2, 0.25) is 0 Å². The summed E-state index contributed by atoms with van der Waals surface area (Å²) in [5.41, 5.74) is 1.35.